The van der Waals surface area contributed by atoms with Gasteiger partial charge in [0.1, 0.15) is 0 Å². The highest BCUT2D eigenvalue weighted by Gasteiger charge is 2.14. The molecular formula is C17H29ClN2. The highest BCUT2D eigenvalue weighted by Crippen LogP contribution is 2.19. The topological polar surface area (TPSA) is 24.1 Å². The molecule has 1 aliphatic rings. The molecule has 1 aromatic rings. The summed E-state index contributed by atoms with van der Waals surface area (Å²) in [6.07, 6.45) is 2.62. The monoisotopic (exact) mass is 296 g/mol. The molecule has 2 nitrogen and oxygen atoms in total. The van der Waals surface area contributed by atoms with Crippen molar-refractivity contribution >= 4 is 12.4 Å². The Bertz CT molecular complexity index is 369. The lowest BCUT2D eigenvalue weighted by Crippen LogP contribution is -2.34. The second-order valence-electron chi connectivity index (χ2n) is 6.14. The number of benzene rings is 1. The number of nitrogens with one attached hydrogen (secondary N) is 2. The van der Waals surface area contributed by atoms with Gasteiger partial charge in [0.2, 0.25) is 0 Å². The van der Waals surface area contributed by atoms with Crippen LogP contribution < -0.4 is 10.6 Å². The highest BCUT2D eigenvalue weighted by molar-refractivity contribution is 5.85. The molecule has 1 heterocycles. The van der Waals surface area contributed by atoms with Crippen LogP contribution in [-0.4, -0.2) is 19.6 Å². The first-order chi connectivity index (χ1) is 9.16. The van der Waals surface area contributed by atoms with E-state index in [-0.39, 0.29) is 12.4 Å². The summed E-state index contributed by atoms with van der Waals surface area (Å²) in [5, 5.41) is 7.11. The summed E-state index contributed by atoms with van der Waals surface area (Å²) in [6, 6.07) is 9.53. The predicted octanol–water partition coefficient (Wildman–Crippen LogP) is 3.88. The molecule has 0 aliphatic carbocycles. The van der Waals surface area contributed by atoms with Gasteiger partial charge < -0.3 is 10.6 Å². The van der Waals surface area contributed by atoms with Crippen LogP contribution in [0.5, 0.6) is 0 Å². The summed E-state index contributed by atoms with van der Waals surface area (Å²) in [5.41, 5.74) is 2.83. The van der Waals surface area contributed by atoms with E-state index in [1.165, 1.54) is 37.1 Å². The smallest absolute Gasteiger partial charge is 0.0291 e. The van der Waals surface area contributed by atoms with Gasteiger partial charge in [0.15, 0.2) is 0 Å². The molecule has 0 spiro atoms. The molecule has 1 unspecified atom stereocenters. The summed E-state index contributed by atoms with van der Waals surface area (Å²) in [7, 11) is 0. The SMILES string of the molecule is CC(C)c1ccc(C(C)NCC2CCNCC2)cc1.Cl. The second kappa shape index (κ2) is 8.66. The Morgan fingerprint density at radius 3 is 2.15 bits per heavy atom. The van der Waals surface area contributed by atoms with Gasteiger partial charge >= 0.3 is 0 Å². The molecule has 0 aromatic heterocycles. The van der Waals surface area contributed by atoms with Crippen LogP contribution in [0.1, 0.15) is 56.7 Å². The van der Waals surface area contributed by atoms with Crippen molar-refractivity contribution in [1.82, 2.24) is 10.6 Å². The minimum atomic E-state index is 0. The van der Waals surface area contributed by atoms with Crippen molar-refractivity contribution < 1.29 is 0 Å². The molecule has 1 fully saturated rings. The predicted molar refractivity (Wildman–Crippen MR) is 89.8 cm³/mol. The Kier molecular flexibility index (Phi) is 7.57. The third-order valence-corrected chi connectivity index (χ3v) is 4.27. The maximum Gasteiger partial charge on any atom is 0.0291 e. The van der Waals surface area contributed by atoms with Crippen molar-refractivity contribution in [2.45, 2.75) is 45.6 Å². The lowest BCUT2D eigenvalue weighted by atomic mass is 9.96. The Hall–Kier alpha value is -0.570. The minimum absolute atomic E-state index is 0. The third-order valence-electron chi connectivity index (χ3n) is 4.27. The van der Waals surface area contributed by atoms with Crippen molar-refractivity contribution in [3.63, 3.8) is 0 Å². The Labute approximate surface area is 130 Å². The van der Waals surface area contributed by atoms with E-state index in [9.17, 15) is 0 Å². The van der Waals surface area contributed by atoms with Gasteiger partial charge in [-0.1, -0.05) is 38.1 Å². The molecule has 2 rings (SSSR count). The zero-order valence-corrected chi connectivity index (χ0v) is 13.8. The largest absolute Gasteiger partial charge is 0.317 e. The fourth-order valence-corrected chi connectivity index (χ4v) is 2.72. The minimum Gasteiger partial charge on any atom is -0.317 e. The average Bonchev–Trinajstić information content (AvgIpc) is 2.46. The summed E-state index contributed by atoms with van der Waals surface area (Å²) in [5.74, 6) is 1.46. The summed E-state index contributed by atoms with van der Waals surface area (Å²) < 4.78 is 0. The second-order valence-corrected chi connectivity index (χ2v) is 6.14. The number of rotatable bonds is 5. The van der Waals surface area contributed by atoms with E-state index in [0.29, 0.717) is 12.0 Å². The molecule has 1 atom stereocenters. The molecule has 3 heteroatoms. The molecule has 0 saturated carbocycles. The first kappa shape index (κ1) is 17.5. The van der Waals surface area contributed by atoms with E-state index in [1.807, 2.05) is 0 Å². The quantitative estimate of drug-likeness (QED) is 0.861. The first-order valence-electron chi connectivity index (χ1n) is 7.70. The molecule has 20 heavy (non-hydrogen) atoms. The van der Waals surface area contributed by atoms with Crippen LogP contribution >= 0.6 is 12.4 Å². The number of hydrogen-bond donors (Lipinski definition) is 2. The van der Waals surface area contributed by atoms with Crippen LogP contribution in [0.25, 0.3) is 0 Å². The van der Waals surface area contributed by atoms with Crippen molar-refractivity contribution in [2.75, 3.05) is 19.6 Å². The molecule has 1 saturated heterocycles. The zero-order chi connectivity index (χ0) is 13.7. The van der Waals surface area contributed by atoms with Gasteiger partial charge in [-0.15, -0.1) is 12.4 Å². The van der Waals surface area contributed by atoms with E-state index < -0.39 is 0 Å². The molecule has 2 N–H and O–H groups in total. The van der Waals surface area contributed by atoms with Gasteiger partial charge in [0, 0.05) is 6.04 Å². The van der Waals surface area contributed by atoms with Crippen molar-refractivity contribution in [3.05, 3.63) is 35.4 Å². The van der Waals surface area contributed by atoms with Crippen molar-refractivity contribution in [3.8, 4) is 0 Å². The number of piperidine rings is 1. The van der Waals surface area contributed by atoms with Gasteiger partial charge in [-0.3, -0.25) is 0 Å². The van der Waals surface area contributed by atoms with E-state index in [4.69, 9.17) is 0 Å². The van der Waals surface area contributed by atoms with Gasteiger partial charge in [0.25, 0.3) is 0 Å². The Morgan fingerprint density at radius 1 is 1.05 bits per heavy atom. The van der Waals surface area contributed by atoms with Crippen LogP contribution in [0.4, 0.5) is 0 Å². The average molecular weight is 297 g/mol. The standard InChI is InChI=1S/C17H28N2.ClH/c1-13(2)16-4-6-17(7-5-16)14(3)19-12-15-8-10-18-11-9-15;/h4-7,13-15,18-19H,8-12H2,1-3H3;1H. The van der Waals surface area contributed by atoms with Gasteiger partial charge in [0.05, 0.1) is 0 Å². The van der Waals surface area contributed by atoms with E-state index >= 15 is 0 Å². The van der Waals surface area contributed by atoms with Crippen molar-refractivity contribution in [2.24, 2.45) is 5.92 Å². The van der Waals surface area contributed by atoms with E-state index in [1.54, 1.807) is 0 Å². The number of hydrogen-bond acceptors (Lipinski definition) is 2. The molecule has 1 aliphatic heterocycles. The van der Waals surface area contributed by atoms with Gasteiger partial charge in [-0.05, 0) is 62.4 Å². The van der Waals surface area contributed by atoms with Crippen LogP contribution in [-0.2, 0) is 0 Å². The summed E-state index contributed by atoms with van der Waals surface area (Å²) in [4.78, 5) is 0. The molecule has 1 aromatic carbocycles. The molecule has 114 valence electrons. The highest BCUT2D eigenvalue weighted by atomic mass is 35.5. The maximum atomic E-state index is 3.69. The molecule has 0 radical (unpaired) electrons. The van der Waals surface area contributed by atoms with Crippen LogP contribution in [0.3, 0.4) is 0 Å². The third kappa shape index (κ3) is 5.08. The lowest BCUT2D eigenvalue weighted by Gasteiger charge is -2.25. The lowest BCUT2D eigenvalue weighted by molar-refractivity contribution is 0.345. The Morgan fingerprint density at radius 2 is 1.60 bits per heavy atom. The number of halogens is 1. The van der Waals surface area contributed by atoms with Crippen LogP contribution in [0, 0.1) is 5.92 Å². The maximum absolute atomic E-state index is 3.69. The first-order valence-corrected chi connectivity index (χ1v) is 7.70. The summed E-state index contributed by atoms with van der Waals surface area (Å²) >= 11 is 0. The van der Waals surface area contributed by atoms with Crippen LogP contribution in [0.15, 0.2) is 24.3 Å². The fraction of sp³-hybridized carbons (Fsp3) is 0.647. The van der Waals surface area contributed by atoms with Gasteiger partial charge in [-0.25, -0.2) is 0 Å². The summed E-state index contributed by atoms with van der Waals surface area (Å²) in [6.45, 7) is 10.3. The zero-order valence-electron chi connectivity index (χ0n) is 13.0. The van der Waals surface area contributed by atoms with E-state index in [0.717, 1.165) is 12.5 Å². The van der Waals surface area contributed by atoms with Crippen LogP contribution in [0.2, 0.25) is 0 Å². The van der Waals surface area contributed by atoms with Gasteiger partial charge in [-0.2, -0.15) is 0 Å². The van der Waals surface area contributed by atoms with Crippen molar-refractivity contribution in [1.29, 1.82) is 0 Å². The Balaban J connectivity index is 0.00000200. The van der Waals surface area contributed by atoms with E-state index in [2.05, 4.69) is 55.7 Å². The molecule has 0 amide bonds. The normalized spacial score (nSPS) is 17.8. The fourth-order valence-electron chi connectivity index (χ4n) is 2.72. The molecule has 0 bridgehead atoms. The molecular weight excluding hydrogens is 268 g/mol.